The first kappa shape index (κ1) is 18.2. The number of fused-ring (bicyclic) bond motifs is 1. The average Bonchev–Trinajstić information content (AvgIpc) is 2.63. The monoisotopic (exact) mass is 391 g/mol. The second kappa shape index (κ2) is 8.21. The van der Waals surface area contributed by atoms with Gasteiger partial charge in [-0.3, -0.25) is 14.2 Å². The van der Waals surface area contributed by atoms with Crippen LogP contribution >= 0.6 is 23.2 Å². The average molecular weight is 392 g/mol. The van der Waals surface area contributed by atoms with Crippen LogP contribution in [0, 0.1) is 0 Å². The van der Waals surface area contributed by atoms with Crippen LogP contribution in [0.3, 0.4) is 0 Å². The first-order valence-corrected chi connectivity index (χ1v) is 8.58. The number of aromatic nitrogens is 2. The second-order valence-electron chi connectivity index (χ2n) is 5.49. The molecule has 26 heavy (non-hydrogen) atoms. The molecule has 0 bridgehead atoms. The Balaban J connectivity index is 1.55. The van der Waals surface area contributed by atoms with Crippen molar-refractivity contribution in [2.45, 2.75) is 6.54 Å². The zero-order valence-corrected chi connectivity index (χ0v) is 15.1. The highest BCUT2D eigenvalue weighted by Gasteiger charge is 2.08. The van der Waals surface area contributed by atoms with E-state index in [1.54, 1.807) is 42.5 Å². The number of amides is 1. The van der Waals surface area contributed by atoms with E-state index in [-0.39, 0.29) is 18.0 Å². The molecule has 1 heterocycles. The van der Waals surface area contributed by atoms with Crippen molar-refractivity contribution in [2.75, 3.05) is 13.2 Å². The number of hydrogen-bond acceptors (Lipinski definition) is 4. The van der Waals surface area contributed by atoms with Crippen LogP contribution < -0.4 is 15.6 Å². The predicted octanol–water partition coefficient (Wildman–Crippen LogP) is 2.90. The molecule has 3 rings (SSSR count). The van der Waals surface area contributed by atoms with Gasteiger partial charge in [0.25, 0.3) is 5.56 Å². The molecule has 1 amide bonds. The zero-order valence-electron chi connectivity index (χ0n) is 13.6. The first-order chi connectivity index (χ1) is 12.5. The van der Waals surface area contributed by atoms with Gasteiger partial charge in [-0.05, 0) is 42.5 Å². The first-order valence-electron chi connectivity index (χ1n) is 7.83. The maximum absolute atomic E-state index is 12.4. The maximum Gasteiger partial charge on any atom is 0.261 e. The van der Waals surface area contributed by atoms with Gasteiger partial charge >= 0.3 is 0 Å². The van der Waals surface area contributed by atoms with E-state index in [2.05, 4.69) is 10.3 Å². The highest BCUT2D eigenvalue weighted by atomic mass is 35.5. The molecule has 0 aliphatic carbocycles. The van der Waals surface area contributed by atoms with Crippen LogP contribution in [0.4, 0.5) is 0 Å². The highest BCUT2D eigenvalue weighted by Crippen LogP contribution is 2.15. The number of carbonyl (C=O) groups is 1. The summed E-state index contributed by atoms with van der Waals surface area (Å²) in [6.45, 7) is 0.478. The Morgan fingerprint density at radius 3 is 2.62 bits per heavy atom. The van der Waals surface area contributed by atoms with E-state index >= 15 is 0 Å². The fourth-order valence-corrected chi connectivity index (χ4v) is 2.64. The summed E-state index contributed by atoms with van der Waals surface area (Å²) in [4.78, 5) is 28.6. The largest absolute Gasteiger partial charge is 0.492 e. The van der Waals surface area contributed by atoms with E-state index < -0.39 is 0 Å². The molecule has 0 fully saturated rings. The molecule has 0 aliphatic rings. The molecule has 134 valence electrons. The van der Waals surface area contributed by atoms with Crippen molar-refractivity contribution in [1.82, 2.24) is 14.9 Å². The smallest absolute Gasteiger partial charge is 0.261 e. The standard InChI is InChI=1S/C18H15Cl2N3O3/c19-12-1-4-14(5-2-12)26-8-7-21-17(24)10-23-11-22-16-6-3-13(20)9-15(16)18(23)25/h1-6,9,11H,7-8,10H2,(H,21,24). The Kier molecular flexibility index (Phi) is 5.75. The number of hydrogen-bond donors (Lipinski definition) is 1. The van der Waals surface area contributed by atoms with Gasteiger partial charge in [-0.2, -0.15) is 0 Å². The van der Waals surface area contributed by atoms with Gasteiger partial charge in [0, 0.05) is 10.0 Å². The Hall–Kier alpha value is -2.57. The van der Waals surface area contributed by atoms with Crippen molar-refractivity contribution in [2.24, 2.45) is 0 Å². The Morgan fingerprint density at radius 2 is 1.85 bits per heavy atom. The lowest BCUT2D eigenvalue weighted by molar-refractivity contribution is -0.121. The third-order valence-electron chi connectivity index (χ3n) is 3.61. The molecular weight excluding hydrogens is 377 g/mol. The molecule has 1 N–H and O–H groups in total. The molecule has 0 atom stereocenters. The molecule has 3 aromatic rings. The normalized spacial score (nSPS) is 10.7. The minimum Gasteiger partial charge on any atom is -0.492 e. The number of nitrogens with one attached hydrogen (secondary N) is 1. The van der Waals surface area contributed by atoms with Gasteiger partial charge < -0.3 is 10.1 Å². The minimum atomic E-state index is -0.315. The van der Waals surface area contributed by atoms with Gasteiger partial charge in [0.1, 0.15) is 18.9 Å². The van der Waals surface area contributed by atoms with Crippen molar-refractivity contribution < 1.29 is 9.53 Å². The summed E-state index contributed by atoms with van der Waals surface area (Å²) in [6, 6.07) is 11.8. The number of ether oxygens (including phenoxy) is 1. The van der Waals surface area contributed by atoms with E-state index in [0.717, 1.165) is 0 Å². The quantitative estimate of drug-likeness (QED) is 0.655. The predicted molar refractivity (Wildman–Crippen MR) is 101 cm³/mol. The van der Waals surface area contributed by atoms with Gasteiger partial charge in [-0.25, -0.2) is 4.98 Å². The van der Waals surface area contributed by atoms with E-state index in [1.165, 1.54) is 10.9 Å². The van der Waals surface area contributed by atoms with E-state index in [0.29, 0.717) is 39.8 Å². The SMILES string of the molecule is O=C(Cn1cnc2ccc(Cl)cc2c1=O)NCCOc1ccc(Cl)cc1. The molecule has 0 aliphatic heterocycles. The molecule has 6 nitrogen and oxygen atoms in total. The summed E-state index contributed by atoms with van der Waals surface area (Å²) >= 11 is 11.7. The van der Waals surface area contributed by atoms with Crippen molar-refractivity contribution in [3.8, 4) is 5.75 Å². The molecule has 8 heteroatoms. The van der Waals surface area contributed by atoms with Crippen molar-refractivity contribution >= 4 is 40.0 Å². The lowest BCUT2D eigenvalue weighted by Gasteiger charge is -2.09. The van der Waals surface area contributed by atoms with Gasteiger partial charge in [0.2, 0.25) is 5.91 Å². The Labute approximate surface area is 159 Å². The van der Waals surface area contributed by atoms with Crippen LogP contribution in [-0.4, -0.2) is 28.6 Å². The number of rotatable bonds is 6. The summed E-state index contributed by atoms with van der Waals surface area (Å²) in [6.07, 6.45) is 1.35. The van der Waals surface area contributed by atoms with Crippen LogP contribution in [0.1, 0.15) is 0 Å². The third kappa shape index (κ3) is 4.53. The fraction of sp³-hybridized carbons (Fsp3) is 0.167. The molecule has 0 unspecified atom stereocenters. The molecule has 0 spiro atoms. The van der Waals surface area contributed by atoms with Crippen LogP contribution in [0.5, 0.6) is 5.75 Å². The summed E-state index contributed by atoms with van der Waals surface area (Å²) in [7, 11) is 0. The molecule has 0 radical (unpaired) electrons. The van der Waals surface area contributed by atoms with E-state index in [1.807, 2.05) is 0 Å². The molecule has 2 aromatic carbocycles. The van der Waals surface area contributed by atoms with Gasteiger partial charge in [0.05, 0.1) is 23.8 Å². The van der Waals surface area contributed by atoms with Crippen molar-refractivity contribution in [1.29, 1.82) is 0 Å². The zero-order chi connectivity index (χ0) is 18.5. The lowest BCUT2D eigenvalue weighted by Crippen LogP contribution is -2.34. The number of halogens is 2. The van der Waals surface area contributed by atoms with Gasteiger partial charge in [0.15, 0.2) is 0 Å². The van der Waals surface area contributed by atoms with Gasteiger partial charge in [-0.15, -0.1) is 0 Å². The summed E-state index contributed by atoms with van der Waals surface area (Å²) in [5.74, 6) is 0.352. The minimum absolute atomic E-state index is 0.130. The van der Waals surface area contributed by atoms with Crippen molar-refractivity contribution in [3.63, 3.8) is 0 Å². The number of nitrogens with zero attached hydrogens (tertiary/aromatic N) is 2. The van der Waals surface area contributed by atoms with Crippen LogP contribution in [0.25, 0.3) is 10.9 Å². The van der Waals surface area contributed by atoms with E-state index in [4.69, 9.17) is 27.9 Å². The Morgan fingerprint density at radius 1 is 1.12 bits per heavy atom. The number of carbonyl (C=O) groups excluding carboxylic acids is 1. The van der Waals surface area contributed by atoms with Gasteiger partial charge in [-0.1, -0.05) is 23.2 Å². The summed E-state index contributed by atoms with van der Waals surface area (Å²) in [5.41, 5.74) is 0.220. The summed E-state index contributed by atoms with van der Waals surface area (Å²) in [5, 5.41) is 4.14. The molecule has 0 saturated heterocycles. The summed E-state index contributed by atoms with van der Waals surface area (Å²) < 4.78 is 6.73. The molecule has 1 aromatic heterocycles. The lowest BCUT2D eigenvalue weighted by atomic mass is 10.2. The third-order valence-corrected chi connectivity index (χ3v) is 4.09. The highest BCUT2D eigenvalue weighted by molar-refractivity contribution is 6.31. The van der Waals surface area contributed by atoms with Crippen LogP contribution in [0.15, 0.2) is 53.6 Å². The van der Waals surface area contributed by atoms with Crippen LogP contribution in [0.2, 0.25) is 10.0 Å². The van der Waals surface area contributed by atoms with Crippen LogP contribution in [-0.2, 0) is 11.3 Å². The Bertz CT molecular complexity index is 987. The second-order valence-corrected chi connectivity index (χ2v) is 6.36. The van der Waals surface area contributed by atoms with E-state index in [9.17, 15) is 9.59 Å². The van der Waals surface area contributed by atoms with Crippen molar-refractivity contribution in [3.05, 3.63) is 69.2 Å². The molecule has 0 saturated carbocycles. The molecular formula is C18H15Cl2N3O3. The topological polar surface area (TPSA) is 73.2 Å². The fourth-order valence-electron chi connectivity index (χ4n) is 2.34. The number of benzene rings is 2. The maximum atomic E-state index is 12.4.